The fourth-order valence-electron chi connectivity index (χ4n) is 3.53. The van der Waals surface area contributed by atoms with Crippen LogP contribution in [0.3, 0.4) is 0 Å². The lowest BCUT2D eigenvalue weighted by molar-refractivity contribution is -0.118. The third kappa shape index (κ3) is 3.25. The Morgan fingerprint density at radius 2 is 2.24 bits per heavy atom. The maximum absolute atomic E-state index is 11.6. The first-order valence-electron chi connectivity index (χ1n) is 8.71. The Kier molecular flexibility index (Phi) is 4.19. The molecule has 1 amide bonds. The van der Waals surface area contributed by atoms with Crippen molar-refractivity contribution in [3.8, 4) is 11.4 Å². The van der Waals surface area contributed by atoms with Gasteiger partial charge in [-0.2, -0.15) is 0 Å². The van der Waals surface area contributed by atoms with Crippen LogP contribution < -0.4 is 20.9 Å². The highest BCUT2D eigenvalue weighted by molar-refractivity contribution is 5.95. The summed E-state index contributed by atoms with van der Waals surface area (Å²) in [4.78, 5) is 16.1. The Hall–Kier alpha value is -2.38. The number of ether oxygens (including phenoxy) is 1. The molecular weight excluding hydrogens is 318 g/mol. The zero-order chi connectivity index (χ0) is 17.4. The lowest BCUT2D eigenvalue weighted by Crippen LogP contribution is -2.32. The fraction of sp³-hybridized carbons (Fsp3) is 0.444. The lowest BCUT2D eigenvalue weighted by atomic mass is 10.00. The summed E-state index contributed by atoms with van der Waals surface area (Å²) in [5.74, 6) is 2.18. The van der Waals surface area contributed by atoms with Crippen molar-refractivity contribution < 1.29 is 9.53 Å². The Morgan fingerprint density at radius 3 is 3.08 bits per heavy atom. The van der Waals surface area contributed by atoms with Crippen molar-refractivity contribution in [1.82, 2.24) is 20.4 Å². The zero-order valence-corrected chi connectivity index (χ0v) is 14.5. The van der Waals surface area contributed by atoms with Crippen LogP contribution in [0.1, 0.15) is 38.6 Å². The van der Waals surface area contributed by atoms with Crippen LogP contribution >= 0.6 is 0 Å². The molecule has 0 spiro atoms. The number of carbonyl (C=O) groups is 1. The average molecular weight is 341 g/mol. The van der Waals surface area contributed by atoms with Gasteiger partial charge in [0.1, 0.15) is 11.6 Å². The van der Waals surface area contributed by atoms with Gasteiger partial charge in [0.2, 0.25) is 0 Å². The fourth-order valence-corrected chi connectivity index (χ4v) is 3.53. The third-order valence-electron chi connectivity index (χ3n) is 4.59. The number of nitrogens with one attached hydrogen (secondary N) is 3. The number of imidazole rings is 1. The maximum Gasteiger partial charge on any atom is 0.262 e. The van der Waals surface area contributed by atoms with E-state index in [1.165, 1.54) is 0 Å². The molecule has 1 saturated heterocycles. The van der Waals surface area contributed by atoms with Gasteiger partial charge in [0.15, 0.2) is 6.61 Å². The van der Waals surface area contributed by atoms with E-state index in [0.717, 1.165) is 24.4 Å². The Bertz CT molecular complexity index is 786. The molecule has 7 nitrogen and oxygen atoms in total. The SMILES string of the molecule is CC(C)CC1CC(c2nccn2-c2ccc3c(c2)NC(=O)CO3)NN1. The van der Waals surface area contributed by atoms with E-state index >= 15 is 0 Å². The molecular formula is C18H23N5O2. The van der Waals surface area contributed by atoms with Crippen molar-refractivity contribution in [1.29, 1.82) is 0 Å². The Morgan fingerprint density at radius 1 is 1.36 bits per heavy atom. The van der Waals surface area contributed by atoms with Gasteiger partial charge in [0.25, 0.3) is 5.91 Å². The molecule has 2 atom stereocenters. The lowest BCUT2D eigenvalue weighted by Gasteiger charge is -2.20. The Labute approximate surface area is 146 Å². The molecule has 7 heteroatoms. The molecule has 3 N–H and O–H groups in total. The van der Waals surface area contributed by atoms with Crippen molar-refractivity contribution >= 4 is 11.6 Å². The predicted octanol–water partition coefficient (Wildman–Crippen LogP) is 2.16. The van der Waals surface area contributed by atoms with Crippen molar-refractivity contribution in [2.24, 2.45) is 5.92 Å². The van der Waals surface area contributed by atoms with Gasteiger partial charge in [-0.15, -0.1) is 0 Å². The van der Waals surface area contributed by atoms with Crippen molar-refractivity contribution in [2.45, 2.75) is 38.8 Å². The molecule has 132 valence electrons. The number of aromatic nitrogens is 2. The minimum atomic E-state index is -0.131. The number of amides is 1. The van der Waals surface area contributed by atoms with Gasteiger partial charge >= 0.3 is 0 Å². The zero-order valence-electron chi connectivity index (χ0n) is 14.5. The van der Waals surface area contributed by atoms with Crippen LogP contribution in [0, 0.1) is 5.92 Å². The van der Waals surface area contributed by atoms with Gasteiger partial charge < -0.3 is 14.6 Å². The number of hydrogen-bond donors (Lipinski definition) is 3. The summed E-state index contributed by atoms with van der Waals surface area (Å²) in [5, 5.41) is 2.85. The van der Waals surface area contributed by atoms with Gasteiger partial charge in [-0.1, -0.05) is 13.8 Å². The number of nitrogens with zero attached hydrogens (tertiary/aromatic N) is 2. The first-order chi connectivity index (χ1) is 12.1. The molecule has 1 aromatic carbocycles. The van der Waals surface area contributed by atoms with E-state index in [0.29, 0.717) is 23.4 Å². The van der Waals surface area contributed by atoms with Crippen LogP contribution in [0.2, 0.25) is 0 Å². The van der Waals surface area contributed by atoms with Gasteiger partial charge in [-0.3, -0.25) is 10.2 Å². The van der Waals surface area contributed by atoms with E-state index in [1.807, 2.05) is 24.4 Å². The van der Waals surface area contributed by atoms with Crippen LogP contribution in [-0.4, -0.2) is 28.1 Å². The summed E-state index contributed by atoms with van der Waals surface area (Å²) in [7, 11) is 0. The van der Waals surface area contributed by atoms with E-state index in [9.17, 15) is 4.79 Å². The molecule has 2 unspecified atom stereocenters. The molecule has 1 fully saturated rings. The summed E-state index contributed by atoms with van der Waals surface area (Å²) in [6.45, 7) is 4.54. The number of rotatable bonds is 4. The number of hydrogen-bond acceptors (Lipinski definition) is 5. The van der Waals surface area contributed by atoms with Gasteiger partial charge in [-0.25, -0.2) is 10.4 Å². The molecule has 4 rings (SSSR count). The van der Waals surface area contributed by atoms with Crippen molar-refractivity contribution in [3.63, 3.8) is 0 Å². The van der Waals surface area contributed by atoms with Crippen LogP contribution in [0.5, 0.6) is 5.75 Å². The second-order valence-corrected chi connectivity index (χ2v) is 7.08. The minimum absolute atomic E-state index is 0.0670. The van der Waals surface area contributed by atoms with E-state index in [4.69, 9.17) is 4.74 Å². The molecule has 1 aromatic heterocycles. The number of benzene rings is 1. The molecule has 0 radical (unpaired) electrons. The van der Waals surface area contributed by atoms with Gasteiger partial charge in [-0.05, 0) is 37.0 Å². The summed E-state index contributed by atoms with van der Waals surface area (Å²) < 4.78 is 7.48. The summed E-state index contributed by atoms with van der Waals surface area (Å²) in [5.41, 5.74) is 8.39. The minimum Gasteiger partial charge on any atom is -0.482 e. The van der Waals surface area contributed by atoms with E-state index in [-0.39, 0.29) is 18.6 Å². The number of fused-ring (bicyclic) bond motifs is 1. The highest BCUT2D eigenvalue weighted by Gasteiger charge is 2.29. The smallest absolute Gasteiger partial charge is 0.262 e. The molecule has 2 aliphatic heterocycles. The highest BCUT2D eigenvalue weighted by atomic mass is 16.5. The molecule has 25 heavy (non-hydrogen) atoms. The predicted molar refractivity (Wildman–Crippen MR) is 94.6 cm³/mol. The van der Waals surface area contributed by atoms with Gasteiger partial charge in [0, 0.05) is 24.1 Å². The molecule has 2 aromatic rings. The van der Waals surface area contributed by atoms with E-state index in [1.54, 1.807) is 6.20 Å². The van der Waals surface area contributed by atoms with Crippen LogP contribution in [-0.2, 0) is 4.79 Å². The summed E-state index contributed by atoms with van der Waals surface area (Å²) >= 11 is 0. The molecule has 0 bridgehead atoms. The van der Waals surface area contributed by atoms with Crippen LogP contribution in [0.4, 0.5) is 5.69 Å². The number of carbonyl (C=O) groups excluding carboxylic acids is 1. The standard InChI is InChI=1S/C18H23N5O2/c1-11(2)7-12-8-15(22-21-12)18-19-5-6-23(18)13-3-4-16-14(9-13)20-17(24)10-25-16/h3-6,9,11-12,15,21-22H,7-8,10H2,1-2H3,(H,20,24). The molecule has 0 saturated carbocycles. The van der Waals surface area contributed by atoms with E-state index in [2.05, 4.69) is 39.6 Å². The first-order valence-corrected chi connectivity index (χ1v) is 8.71. The Balaban J connectivity index is 1.58. The number of anilines is 1. The maximum atomic E-state index is 11.6. The van der Waals surface area contributed by atoms with Gasteiger partial charge in [0.05, 0.1) is 11.7 Å². The second kappa shape index (κ2) is 6.50. The molecule has 2 aliphatic rings. The average Bonchev–Trinajstić information content (AvgIpc) is 3.22. The summed E-state index contributed by atoms with van der Waals surface area (Å²) in [6, 6.07) is 6.39. The monoisotopic (exact) mass is 341 g/mol. The second-order valence-electron chi connectivity index (χ2n) is 7.08. The largest absolute Gasteiger partial charge is 0.482 e. The normalized spacial score (nSPS) is 22.6. The third-order valence-corrected chi connectivity index (χ3v) is 4.59. The number of hydrazine groups is 1. The molecule has 3 heterocycles. The first kappa shape index (κ1) is 16.1. The van der Waals surface area contributed by atoms with Crippen LogP contribution in [0.15, 0.2) is 30.6 Å². The van der Waals surface area contributed by atoms with E-state index < -0.39 is 0 Å². The van der Waals surface area contributed by atoms with Crippen molar-refractivity contribution in [3.05, 3.63) is 36.4 Å². The topological polar surface area (TPSA) is 80.2 Å². The quantitative estimate of drug-likeness (QED) is 0.794. The highest BCUT2D eigenvalue weighted by Crippen LogP contribution is 2.32. The van der Waals surface area contributed by atoms with Crippen molar-refractivity contribution in [2.75, 3.05) is 11.9 Å². The van der Waals surface area contributed by atoms with Crippen LogP contribution in [0.25, 0.3) is 5.69 Å². The molecule has 0 aliphatic carbocycles. The summed E-state index contributed by atoms with van der Waals surface area (Å²) in [6.07, 6.45) is 5.88.